The van der Waals surface area contributed by atoms with Crippen LogP contribution in [0, 0.1) is 39.4 Å². The van der Waals surface area contributed by atoms with Crippen LogP contribution in [0.15, 0.2) is 11.1 Å². The van der Waals surface area contributed by atoms with Crippen molar-refractivity contribution in [2.75, 3.05) is 6.61 Å². The standard InChI is InChI=1S/C26H43NO/c1-7-12-26-15-14-24(3,4)23(26)22(10-13-25(26,5)6)19(2)18-28-21-9-8-20(17-21)11-16-27/h19-21H,7-15,17-18H2,1-6H3. The Labute approximate surface area is 174 Å². The van der Waals surface area contributed by atoms with Crippen LogP contribution in [0.25, 0.3) is 0 Å². The maximum Gasteiger partial charge on any atom is 0.0624 e. The van der Waals surface area contributed by atoms with E-state index in [0.29, 0.717) is 40.6 Å². The lowest BCUT2D eigenvalue weighted by atomic mass is 9.52. The molecule has 0 aliphatic heterocycles. The summed E-state index contributed by atoms with van der Waals surface area (Å²) in [6.45, 7) is 15.7. The van der Waals surface area contributed by atoms with E-state index >= 15 is 0 Å². The van der Waals surface area contributed by atoms with Gasteiger partial charge in [-0.3, -0.25) is 0 Å². The lowest BCUT2D eigenvalue weighted by molar-refractivity contribution is 0.0334. The SMILES string of the molecule is CCCC12CCC(C)(C)C1=C(C(C)COC1CCC(CC#N)C1)CCC2(C)C. The molecule has 0 aromatic heterocycles. The third kappa shape index (κ3) is 3.81. The topological polar surface area (TPSA) is 33.0 Å². The van der Waals surface area contributed by atoms with Gasteiger partial charge >= 0.3 is 0 Å². The number of nitriles is 1. The lowest BCUT2D eigenvalue weighted by Crippen LogP contribution is -2.43. The van der Waals surface area contributed by atoms with Crippen LogP contribution in [0.3, 0.4) is 0 Å². The molecule has 3 aliphatic rings. The summed E-state index contributed by atoms with van der Waals surface area (Å²) < 4.78 is 6.41. The number of fused-ring (bicyclic) bond motifs is 1. The van der Waals surface area contributed by atoms with Gasteiger partial charge in [-0.2, -0.15) is 5.26 Å². The molecule has 0 heterocycles. The summed E-state index contributed by atoms with van der Waals surface area (Å²) in [6.07, 6.45) is 12.4. The number of allylic oxidation sites excluding steroid dienone is 1. The van der Waals surface area contributed by atoms with Gasteiger partial charge in [0.1, 0.15) is 0 Å². The van der Waals surface area contributed by atoms with Crippen molar-refractivity contribution < 1.29 is 4.74 Å². The molecule has 2 nitrogen and oxygen atoms in total. The van der Waals surface area contributed by atoms with Gasteiger partial charge in [-0.05, 0) is 73.5 Å². The average Bonchev–Trinajstić information content (AvgIpc) is 3.18. The van der Waals surface area contributed by atoms with Crippen molar-refractivity contribution in [2.24, 2.45) is 28.1 Å². The van der Waals surface area contributed by atoms with Crippen molar-refractivity contribution in [3.63, 3.8) is 0 Å². The highest BCUT2D eigenvalue weighted by atomic mass is 16.5. The van der Waals surface area contributed by atoms with Crippen molar-refractivity contribution in [1.29, 1.82) is 5.26 Å². The molecule has 0 amide bonds. The Bertz CT molecular complexity index is 637. The van der Waals surface area contributed by atoms with Gasteiger partial charge in [0, 0.05) is 12.3 Å². The molecule has 0 bridgehead atoms. The van der Waals surface area contributed by atoms with Crippen LogP contribution in [0.1, 0.15) is 106 Å². The smallest absolute Gasteiger partial charge is 0.0624 e. The first-order chi connectivity index (χ1) is 13.2. The molecule has 2 heteroatoms. The Morgan fingerprint density at radius 2 is 1.89 bits per heavy atom. The number of ether oxygens (including phenoxy) is 1. The zero-order chi connectivity index (χ0) is 20.6. The molecular weight excluding hydrogens is 342 g/mol. The summed E-state index contributed by atoms with van der Waals surface area (Å²) in [4.78, 5) is 0. The predicted molar refractivity (Wildman–Crippen MR) is 117 cm³/mol. The van der Waals surface area contributed by atoms with Gasteiger partial charge in [0.05, 0.1) is 18.8 Å². The summed E-state index contributed by atoms with van der Waals surface area (Å²) in [5, 5.41) is 8.95. The quantitative estimate of drug-likeness (QED) is 0.426. The second-order valence-corrected chi connectivity index (χ2v) is 11.4. The summed E-state index contributed by atoms with van der Waals surface area (Å²) in [7, 11) is 0. The van der Waals surface area contributed by atoms with Crippen molar-refractivity contribution in [1.82, 2.24) is 0 Å². The number of nitrogens with zero attached hydrogens (tertiary/aromatic N) is 1. The summed E-state index contributed by atoms with van der Waals surface area (Å²) >= 11 is 0. The van der Waals surface area contributed by atoms with Gasteiger partial charge in [-0.25, -0.2) is 0 Å². The Morgan fingerprint density at radius 3 is 2.57 bits per heavy atom. The van der Waals surface area contributed by atoms with Crippen LogP contribution < -0.4 is 0 Å². The molecule has 28 heavy (non-hydrogen) atoms. The zero-order valence-electron chi connectivity index (χ0n) is 19.4. The van der Waals surface area contributed by atoms with E-state index in [1.165, 1.54) is 44.9 Å². The molecule has 0 radical (unpaired) electrons. The maximum absolute atomic E-state index is 8.95. The second-order valence-electron chi connectivity index (χ2n) is 11.4. The fourth-order valence-electron chi connectivity index (χ4n) is 7.04. The molecule has 3 rings (SSSR count). The summed E-state index contributed by atoms with van der Waals surface area (Å²) in [5.74, 6) is 1.09. The van der Waals surface area contributed by atoms with E-state index < -0.39 is 0 Å². The Hall–Kier alpha value is -0.810. The molecule has 3 aliphatic carbocycles. The highest BCUT2D eigenvalue weighted by Gasteiger charge is 2.57. The monoisotopic (exact) mass is 385 g/mol. The predicted octanol–water partition coefficient (Wildman–Crippen LogP) is 7.44. The zero-order valence-corrected chi connectivity index (χ0v) is 19.4. The van der Waals surface area contributed by atoms with Gasteiger partial charge in [-0.15, -0.1) is 0 Å². The Morgan fingerprint density at radius 1 is 1.14 bits per heavy atom. The van der Waals surface area contributed by atoms with Crippen LogP contribution in [0.2, 0.25) is 0 Å². The van der Waals surface area contributed by atoms with Crippen LogP contribution >= 0.6 is 0 Å². The molecule has 0 N–H and O–H groups in total. The van der Waals surface area contributed by atoms with E-state index in [9.17, 15) is 0 Å². The first-order valence-electron chi connectivity index (χ1n) is 11.9. The van der Waals surface area contributed by atoms with E-state index in [1.807, 2.05) is 5.57 Å². The first kappa shape index (κ1) is 21.9. The second kappa shape index (κ2) is 8.14. The van der Waals surface area contributed by atoms with Gasteiger partial charge in [-0.1, -0.05) is 59.1 Å². The molecule has 4 atom stereocenters. The van der Waals surface area contributed by atoms with Crippen molar-refractivity contribution in [3.05, 3.63) is 11.1 Å². The Balaban J connectivity index is 1.79. The van der Waals surface area contributed by atoms with Crippen LogP contribution in [-0.4, -0.2) is 12.7 Å². The van der Waals surface area contributed by atoms with Crippen LogP contribution in [0.4, 0.5) is 0 Å². The molecule has 0 aromatic rings. The fourth-order valence-corrected chi connectivity index (χ4v) is 7.04. The summed E-state index contributed by atoms with van der Waals surface area (Å²) in [6, 6.07) is 2.34. The maximum atomic E-state index is 8.95. The fraction of sp³-hybridized carbons (Fsp3) is 0.885. The minimum atomic E-state index is 0.335. The lowest BCUT2D eigenvalue weighted by Gasteiger charge is -2.53. The number of hydrogen-bond donors (Lipinski definition) is 0. The first-order valence-corrected chi connectivity index (χ1v) is 11.9. The van der Waals surface area contributed by atoms with Crippen molar-refractivity contribution in [2.45, 2.75) is 112 Å². The van der Waals surface area contributed by atoms with Gasteiger partial charge < -0.3 is 4.74 Å². The van der Waals surface area contributed by atoms with Crippen molar-refractivity contribution in [3.8, 4) is 6.07 Å². The molecule has 158 valence electrons. The van der Waals surface area contributed by atoms with Gasteiger partial charge in [0.25, 0.3) is 0 Å². The Kier molecular flexibility index (Phi) is 6.36. The molecular formula is C26H43NO. The molecule has 2 fully saturated rings. The van der Waals surface area contributed by atoms with E-state index in [2.05, 4.69) is 47.6 Å². The van der Waals surface area contributed by atoms with Crippen LogP contribution in [0.5, 0.6) is 0 Å². The minimum absolute atomic E-state index is 0.335. The van der Waals surface area contributed by atoms with E-state index in [1.54, 1.807) is 5.57 Å². The van der Waals surface area contributed by atoms with Gasteiger partial charge in [0.2, 0.25) is 0 Å². The molecule has 0 spiro atoms. The molecule has 0 aromatic carbocycles. The molecule has 4 unspecified atom stereocenters. The highest BCUT2D eigenvalue weighted by Crippen LogP contribution is 2.68. The minimum Gasteiger partial charge on any atom is -0.378 e. The third-order valence-corrected chi connectivity index (χ3v) is 8.69. The highest BCUT2D eigenvalue weighted by molar-refractivity contribution is 5.38. The average molecular weight is 386 g/mol. The van der Waals surface area contributed by atoms with E-state index in [4.69, 9.17) is 10.00 Å². The van der Waals surface area contributed by atoms with Crippen LogP contribution in [-0.2, 0) is 4.74 Å². The number of rotatable bonds is 7. The largest absolute Gasteiger partial charge is 0.378 e. The molecule has 2 saturated carbocycles. The normalized spacial score (nSPS) is 34.9. The van der Waals surface area contributed by atoms with Crippen molar-refractivity contribution >= 4 is 0 Å². The van der Waals surface area contributed by atoms with E-state index in [0.717, 1.165) is 19.4 Å². The van der Waals surface area contributed by atoms with Gasteiger partial charge in [0.15, 0.2) is 0 Å². The third-order valence-electron chi connectivity index (χ3n) is 8.69. The van der Waals surface area contributed by atoms with E-state index in [-0.39, 0.29) is 0 Å². The summed E-state index contributed by atoms with van der Waals surface area (Å²) in [5.41, 5.74) is 4.71. The number of hydrogen-bond acceptors (Lipinski definition) is 2. The molecule has 0 saturated heterocycles.